The molecule has 0 aliphatic heterocycles. The Morgan fingerprint density at radius 1 is 1.40 bits per heavy atom. The highest BCUT2D eigenvalue weighted by atomic mass is 19.3. The quantitative estimate of drug-likeness (QED) is 0.586. The Balaban J connectivity index is 3.24. The van der Waals surface area contributed by atoms with Gasteiger partial charge in [0.25, 0.3) is 6.43 Å². The first-order valence-corrected chi connectivity index (χ1v) is 4.88. The highest BCUT2D eigenvalue weighted by molar-refractivity contribution is 5.77. The van der Waals surface area contributed by atoms with Crippen LogP contribution in [-0.2, 0) is 9.53 Å². The van der Waals surface area contributed by atoms with Crippen LogP contribution in [-0.4, -0.2) is 44.7 Å². The second kappa shape index (κ2) is 8.55. The van der Waals surface area contributed by atoms with Crippen LogP contribution in [0.2, 0.25) is 0 Å². The maximum atomic E-state index is 11.6. The minimum atomic E-state index is -2.46. The molecular formula is C9H18F2N2O2. The molecule has 0 atom stereocenters. The summed E-state index contributed by atoms with van der Waals surface area (Å²) in [4.78, 5) is 11.1. The minimum Gasteiger partial charge on any atom is -0.374 e. The molecule has 0 radical (unpaired) electrons. The fourth-order valence-electron chi connectivity index (χ4n) is 0.794. The van der Waals surface area contributed by atoms with Crippen LogP contribution < -0.4 is 10.6 Å². The van der Waals surface area contributed by atoms with Crippen molar-refractivity contribution in [1.29, 1.82) is 0 Å². The molecule has 15 heavy (non-hydrogen) atoms. The molecule has 2 N–H and O–H groups in total. The van der Waals surface area contributed by atoms with E-state index in [1.54, 1.807) is 0 Å². The van der Waals surface area contributed by atoms with Gasteiger partial charge in [-0.25, -0.2) is 8.78 Å². The Bertz CT molecular complexity index is 177. The number of halogens is 2. The summed E-state index contributed by atoms with van der Waals surface area (Å²) in [6, 6.07) is 0.242. The van der Waals surface area contributed by atoms with Gasteiger partial charge in [0.15, 0.2) is 0 Å². The summed E-state index contributed by atoms with van der Waals surface area (Å²) in [7, 11) is 0. The van der Waals surface area contributed by atoms with Crippen LogP contribution in [0, 0.1) is 0 Å². The molecule has 0 aromatic heterocycles. The molecule has 90 valence electrons. The maximum absolute atomic E-state index is 11.6. The van der Waals surface area contributed by atoms with Crippen LogP contribution in [0.25, 0.3) is 0 Å². The SMILES string of the molecule is CC(C)NCC(=O)NCCOCC(F)F. The number of hydrogen-bond donors (Lipinski definition) is 2. The molecule has 1 amide bonds. The third-order valence-corrected chi connectivity index (χ3v) is 1.48. The summed E-state index contributed by atoms with van der Waals surface area (Å²) in [5.41, 5.74) is 0. The number of rotatable bonds is 8. The third kappa shape index (κ3) is 11.2. The molecule has 6 heteroatoms. The Kier molecular flexibility index (Phi) is 8.12. The molecule has 0 spiro atoms. The lowest BCUT2D eigenvalue weighted by Gasteiger charge is -2.09. The van der Waals surface area contributed by atoms with E-state index in [1.165, 1.54) is 0 Å². The predicted octanol–water partition coefficient (Wildman–Crippen LogP) is 0.382. The van der Waals surface area contributed by atoms with Gasteiger partial charge in [0, 0.05) is 12.6 Å². The van der Waals surface area contributed by atoms with E-state index in [1.807, 2.05) is 13.8 Å². The molecule has 0 saturated heterocycles. The number of carbonyl (C=O) groups excluding carboxylic acids is 1. The topological polar surface area (TPSA) is 50.4 Å². The zero-order chi connectivity index (χ0) is 11.7. The zero-order valence-corrected chi connectivity index (χ0v) is 9.06. The average Bonchev–Trinajstić information content (AvgIpc) is 2.13. The lowest BCUT2D eigenvalue weighted by molar-refractivity contribution is -0.120. The number of carbonyl (C=O) groups is 1. The lowest BCUT2D eigenvalue weighted by atomic mass is 10.4. The first-order valence-electron chi connectivity index (χ1n) is 4.88. The van der Waals surface area contributed by atoms with E-state index in [0.717, 1.165) is 0 Å². The summed E-state index contributed by atoms with van der Waals surface area (Å²) in [6.45, 7) is 3.87. The predicted molar refractivity (Wildman–Crippen MR) is 53.0 cm³/mol. The summed E-state index contributed by atoms with van der Waals surface area (Å²) in [6.07, 6.45) is -2.46. The van der Waals surface area contributed by atoms with Crippen molar-refractivity contribution < 1.29 is 18.3 Å². The van der Waals surface area contributed by atoms with Crippen molar-refractivity contribution in [2.75, 3.05) is 26.3 Å². The highest BCUT2D eigenvalue weighted by Gasteiger charge is 2.03. The molecular weight excluding hydrogens is 206 g/mol. The Morgan fingerprint density at radius 2 is 2.07 bits per heavy atom. The summed E-state index contributed by atoms with van der Waals surface area (Å²) < 4.78 is 27.8. The van der Waals surface area contributed by atoms with Crippen LogP contribution >= 0.6 is 0 Å². The standard InChI is InChI=1S/C9H18F2N2O2/c1-7(2)13-5-9(14)12-3-4-15-6-8(10)11/h7-8,13H,3-6H2,1-2H3,(H,12,14). The van der Waals surface area contributed by atoms with E-state index in [4.69, 9.17) is 0 Å². The first kappa shape index (κ1) is 14.2. The van der Waals surface area contributed by atoms with Crippen LogP contribution in [0.4, 0.5) is 8.78 Å². The second-order valence-corrected chi connectivity index (χ2v) is 3.35. The van der Waals surface area contributed by atoms with Gasteiger partial charge in [-0.1, -0.05) is 13.8 Å². The summed E-state index contributed by atoms with van der Waals surface area (Å²) >= 11 is 0. The van der Waals surface area contributed by atoms with E-state index in [2.05, 4.69) is 15.4 Å². The largest absolute Gasteiger partial charge is 0.374 e. The van der Waals surface area contributed by atoms with Gasteiger partial charge in [-0.05, 0) is 0 Å². The number of amides is 1. The Morgan fingerprint density at radius 3 is 2.60 bits per heavy atom. The van der Waals surface area contributed by atoms with Crippen molar-refractivity contribution in [1.82, 2.24) is 10.6 Å². The lowest BCUT2D eigenvalue weighted by Crippen LogP contribution is -2.38. The molecule has 0 heterocycles. The number of nitrogens with one attached hydrogen (secondary N) is 2. The zero-order valence-electron chi connectivity index (χ0n) is 9.06. The van der Waals surface area contributed by atoms with Crippen molar-refractivity contribution in [2.24, 2.45) is 0 Å². The maximum Gasteiger partial charge on any atom is 0.261 e. The number of hydrogen-bond acceptors (Lipinski definition) is 3. The fraction of sp³-hybridized carbons (Fsp3) is 0.889. The summed E-state index contributed by atoms with van der Waals surface area (Å²) in [5.74, 6) is -0.163. The smallest absolute Gasteiger partial charge is 0.261 e. The number of alkyl halides is 2. The van der Waals surface area contributed by atoms with E-state index in [9.17, 15) is 13.6 Å². The molecule has 0 aromatic carbocycles. The van der Waals surface area contributed by atoms with Crippen molar-refractivity contribution in [3.05, 3.63) is 0 Å². The van der Waals surface area contributed by atoms with Crippen molar-refractivity contribution in [2.45, 2.75) is 26.3 Å². The van der Waals surface area contributed by atoms with Gasteiger partial charge in [-0.15, -0.1) is 0 Å². The van der Waals surface area contributed by atoms with Crippen molar-refractivity contribution >= 4 is 5.91 Å². The molecule has 0 unspecified atom stereocenters. The van der Waals surface area contributed by atoms with Crippen LogP contribution in [0.15, 0.2) is 0 Å². The van der Waals surface area contributed by atoms with Gasteiger partial charge in [-0.2, -0.15) is 0 Å². The van der Waals surface area contributed by atoms with Crippen LogP contribution in [0.5, 0.6) is 0 Å². The van der Waals surface area contributed by atoms with Gasteiger partial charge in [0.2, 0.25) is 5.91 Å². The van der Waals surface area contributed by atoms with Gasteiger partial charge >= 0.3 is 0 Å². The average molecular weight is 224 g/mol. The normalized spacial score (nSPS) is 11.1. The molecule has 0 aliphatic rings. The molecule has 0 saturated carbocycles. The second-order valence-electron chi connectivity index (χ2n) is 3.35. The van der Waals surface area contributed by atoms with Gasteiger partial charge < -0.3 is 15.4 Å². The minimum absolute atomic E-state index is 0.109. The Hall–Kier alpha value is -0.750. The van der Waals surface area contributed by atoms with Crippen LogP contribution in [0.1, 0.15) is 13.8 Å². The fourth-order valence-corrected chi connectivity index (χ4v) is 0.794. The highest BCUT2D eigenvalue weighted by Crippen LogP contribution is 1.91. The third-order valence-electron chi connectivity index (χ3n) is 1.48. The van der Waals surface area contributed by atoms with Gasteiger partial charge in [-0.3, -0.25) is 4.79 Å². The molecule has 4 nitrogen and oxygen atoms in total. The molecule has 0 rings (SSSR count). The molecule has 0 fully saturated rings. The van der Waals surface area contributed by atoms with Gasteiger partial charge in [0.05, 0.1) is 13.2 Å². The monoisotopic (exact) mass is 224 g/mol. The number of ether oxygens (including phenoxy) is 1. The van der Waals surface area contributed by atoms with E-state index in [0.29, 0.717) is 0 Å². The molecule has 0 aromatic rings. The van der Waals surface area contributed by atoms with Crippen LogP contribution in [0.3, 0.4) is 0 Å². The Labute approximate surface area is 88.4 Å². The van der Waals surface area contributed by atoms with Crippen molar-refractivity contribution in [3.63, 3.8) is 0 Å². The van der Waals surface area contributed by atoms with Gasteiger partial charge in [0.1, 0.15) is 6.61 Å². The van der Waals surface area contributed by atoms with E-state index < -0.39 is 13.0 Å². The van der Waals surface area contributed by atoms with E-state index in [-0.39, 0.29) is 31.6 Å². The van der Waals surface area contributed by atoms with Crippen molar-refractivity contribution in [3.8, 4) is 0 Å². The van der Waals surface area contributed by atoms with E-state index >= 15 is 0 Å². The first-order chi connectivity index (χ1) is 7.02. The summed E-state index contributed by atoms with van der Waals surface area (Å²) in [5, 5.41) is 5.47. The molecule has 0 aliphatic carbocycles. The molecule has 0 bridgehead atoms.